The van der Waals surface area contributed by atoms with Gasteiger partial charge in [-0.05, 0) is 40.9 Å². The van der Waals surface area contributed by atoms with E-state index in [9.17, 15) is 28.5 Å². The molecule has 0 spiro atoms. The third-order valence-electron chi connectivity index (χ3n) is 6.54. The SMILES string of the molecule is O=C(Cn1cc(Br)cc([N+](=O)[O-])c1=O)N1CCC(c2nc(C3=NOC(c4c(F)cccc4F)C3)cs2)CC1. The summed E-state index contributed by atoms with van der Waals surface area (Å²) in [5.74, 6) is -1.57. The summed E-state index contributed by atoms with van der Waals surface area (Å²) >= 11 is 4.59. The maximum absolute atomic E-state index is 14.1. The van der Waals surface area contributed by atoms with Gasteiger partial charge >= 0.3 is 11.2 Å². The number of halogens is 3. The zero-order chi connectivity index (χ0) is 27.0. The lowest BCUT2D eigenvalue weighted by molar-refractivity contribution is -0.386. The number of pyridine rings is 1. The molecule has 1 atom stereocenters. The van der Waals surface area contributed by atoms with E-state index in [1.807, 2.05) is 5.38 Å². The van der Waals surface area contributed by atoms with Gasteiger partial charge in [0.2, 0.25) is 5.91 Å². The maximum Gasteiger partial charge on any atom is 0.335 e. The largest absolute Gasteiger partial charge is 0.387 e. The lowest BCUT2D eigenvalue weighted by Crippen LogP contribution is -2.41. The quantitative estimate of drug-likeness (QED) is 0.300. The minimum absolute atomic E-state index is 0.107. The first kappa shape index (κ1) is 26.1. The van der Waals surface area contributed by atoms with Gasteiger partial charge in [0.05, 0.1) is 21.2 Å². The van der Waals surface area contributed by atoms with Crippen LogP contribution in [0.4, 0.5) is 14.5 Å². The van der Waals surface area contributed by atoms with Crippen molar-refractivity contribution in [1.29, 1.82) is 0 Å². The predicted octanol–water partition coefficient (Wildman–Crippen LogP) is 4.53. The molecule has 3 aromatic rings. The molecule has 198 valence electrons. The summed E-state index contributed by atoms with van der Waals surface area (Å²) in [5.41, 5.74) is -0.484. The molecule has 14 heteroatoms. The fraction of sp³-hybridized carbons (Fsp3) is 0.333. The molecule has 0 aliphatic carbocycles. The highest BCUT2D eigenvalue weighted by molar-refractivity contribution is 9.10. The number of aromatic nitrogens is 2. The Bertz CT molecular complexity index is 1480. The van der Waals surface area contributed by atoms with Crippen LogP contribution in [0.15, 0.2) is 50.3 Å². The minimum Gasteiger partial charge on any atom is -0.387 e. The van der Waals surface area contributed by atoms with E-state index in [1.165, 1.54) is 35.7 Å². The maximum atomic E-state index is 14.1. The molecule has 1 unspecified atom stereocenters. The standard InChI is InChI=1S/C24H20BrF2N5O5S/c25-14-8-19(32(35)36)24(34)31(10-14)11-21(33)30-6-4-13(5-7-30)23-28-18(12-38-23)17-9-20(37-29-17)22-15(26)2-1-3-16(22)27/h1-3,8,10,12-13,20H,4-7,9,11H2. The van der Waals surface area contributed by atoms with Crippen LogP contribution in [0, 0.1) is 21.7 Å². The van der Waals surface area contributed by atoms with Crippen molar-refractivity contribution in [3.05, 3.63) is 88.7 Å². The summed E-state index contributed by atoms with van der Waals surface area (Å²) < 4.78 is 29.6. The Kier molecular flexibility index (Phi) is 7.34. The van der Waals surface area contributed by atoms with E-state index < -0.39 is 33.9 Å². The Labute approximate surface area is 226 Å². The van der Waals surface area contributed by atoms with Crippen LogP contribution in [0.3, 0.4) is 0 Å². The molecule has 0 N–H and O–H groups in total. The van der Waals surface area contributed by atoms with Crippen LogP contribution in [0.25, 0.3) is 0 Å². The second-order valence-corrected chi connectivity index (χ2v) is 10.7. The van der Waals surface area contributed by atoms with Gasteiger partial charge in [0, 0.05) is 47.5 Å². The molecule has 1 saturated heterocycles. The summed E-state index contributed by atoms with van der Waals surface area (Å²) in [6, 6.07) is 4.76. The minimum atomic E-state index is -0.857. The third-order valence-corrected chi connectivity index (χ3v) is 7.98. The van der Waals surface area contributed by atoms with Crippen molar-refractivity contribution < 1.29 is 23.3 Å². The summed E-state index contributed by atoms with van der Waals surface area (Å²) in [7, 11) is 0. The Morgan fingerprint density at radius 3 is 2.66 bits per heavy atom. The van der Waals surface area contributed by atoms with E-state index in [1.54, 1.807) is 4.90 Å². The molecule has 0 saturated carbocycles. The molecule has 1 aromatic carbocycles. The van der Waals surface area contributed by atoms with E-state index >= 15 is 0 Å². The average molecular weight is 608 g/mol. The summed E-state index contributed by atoms with van der Waals surface area (Å²) in [5, 5.41) is 17.8. The van der Waals surface area contributed by atoms with Gasteiger partial charge in [-0.3, -0.25) is 24.3 Å². The van der Waals surface area contributed by atoms with Crippen LogP contribution < -0.4 is 5.56 Å². The summed E-state index contributed by atoms with van der Waals surface area (Å²) in [4.78, 5) is 47.1. The smallest absolute Gasteiger partial charge is 0.335 e. The van der Waals surface area contributed by atoms with Crippen LogP contribution in [0.2, 0.25) is 0 Å². The Morgan fingerprint density at radius 1 is 1.26 bits per heavy atom. The highest BCUT2D eigenvalue weighted by Gasteiger charge is 2.31. The molecular weight excluding hydrogens is 588 g/mol. The summed E-state index contributed by atoms with van der Waals surface area (Å²) in [6.07, 6.45) is 2.00. The first-order valence-electron chi connectivity index (χ1n) is 11.7. The molecule has 10 nitrogen and oxygen atoms in total. The lowest BCUT2D eigenvalue weighted by atomic mass is 9.97. The van der Waals surface area contributed by atoms with E-state index in [0.717, 1.165) is 15.6 Å². The van der Waals surface area contributed by atoms with Crippen molar-refractivity contribution in [2.45, 2.75) is 37.8 Å². The number of thiazole rings is 1. The molecule has 2 aromatic heterocycles. The first-order chi connectivity index (χ1) is 18.2. The Morgan fingerprint density at radius 2 is 1.97 bits per heavy atom. The van der Waals surface area contributed by atoms with Crippen molar-refractivity contribution >= 4 is 44.6 Å². The molecule has 0 bridgehead atoms. The molecular formula is C24H20BrF2N5O5S. The fourth-order valence-electron chi connectivity index (χ4n) is 4.56. The predicted molar refractivity (Wildman–Crippen MR) is 137 cm³/mol. The van der Waals surface area contributed by atoms with Gasteiger partial charge in [0.25, 0.3) is 0 Å². The lowest BCUT2D eigenvalue weighted by Gasteiger charge is -2.31. The number of nitrogens with zero attached hydrogens (tertiary/aromatic N) is 5. The molecule has 0 radical (unpaired) electrons. The second kappa shape index (κ2) is 10.7. The normalized spacial score (nSPS) is 17.8. The molecule has 38 heavy (non-hydrogen) atoms. The van der Waals surface area contributed by atoms with Gasteiger partial charge < -0.3 is 9.74 Å². The van der Waals surface area contributed by atoms with Crippen LogP contribution in [-0.4, -0.2) is 44.1 Å². The number of hydrogen-bond donors (Lipinski definition) is 0. The van der Waals surface area contributed by atoms with Crippen molar-refractivity contribution in [3.8, 4) is 0 Å². The number of benzene rings is 1. The number of carbonyl (C=O) groups is 1. The van der Waals surface area contributed by atoms with E-state index in [2.05, 4.69) is 26.1 Å². The number of hydrogen-bond acceptors (Lipinski definition) is 8. The third kappa shape index (κ3) is 5.23. The van der Waals surface area contributed by atoms with Gasteiger partial charge in [-0.25, -0.2) is 13.8 Å². The van der Waals surface area contributed by atoms with Gasteiger partial charge in [0.15, 0.2) is 6.10 Å². The molecule has 1 fully saturated rings. The van der Waals surface area contributed by atoms with Crippen molar-refractivity contribution in [3.63, 3.8) is 0 Å². The van der Waals surface area contributed by atoms with Gasteiger partial charge in [-0.15, -0.1) is 11.3 Å². The first-order valence-corrected chi connectivity index (χ1v) is 13.3. The molecule has 1 amide bonds. The van der Waals surface area contributed by atoms with Crippen LogP contribution in [0.1, 0.15) is 47.5 Å². The van der Waals surface area contributed by atoms with Crippen LogP contribution in [-0.2, 0) is 16.2 Å². The molecule has 5 rings (SSSR count). The van der Waals surface area contributed by atoms with E-state index in [-0.39, 0.29) is 30.4 Å². The van der Waals surface area contributed by atoms with Crippen molar-refractivity contribution in [2.75, 3.05) is 13.1 Å². The van der Waals surface area contributed by atoms with Crippen molar-refractivity contribution in [1.82, 2.24) is 14.5 Å². The number of carbonyl (C=O) groups excluding carboxylic acids is 1. The van der Waals surface area contributed by atoms with E-state index in [4.69, 9.17) is 4.84 Å². The molecule has 2 aliphatic heterocycles. The number of likely N-dealkylation sites (tertiary alicyclic amines) is 1. The van der Waals surface area contributed by atoms with E-state index in [0.29, 0.717) is 41.8 Å². The molecule has 4 heterocycles. The van der Waals surface area contributed by atoms with Crippen LogP contribution in [0.5, 0.6) is 0 Å². The Hall–Kier alpha value is -3.52. The average Bonchev–Trinajstić information content (AvgIpc) is 3.56. The number of oxime groups is 1. The zero-order valence-electron chi connectivity index (χ0n) is 19.7. The monoisotopic (exact) mass is 607 g/mol. The molecule has 2 aliphatic rings. The van der Waals surface area contributed by atoms with Gasteiger partial charge in [0.1, 0.15) is 23.9 Å². The summed E-state index contributed by atoms with van der Waals surface area (Å²) in [6.45, 7) is 0.596. The topological polar surface area (TPSA) is 120 Å². The Balaban J connectivity index is 1.19. The van der Waals surface area contributed by atoms with Crippen LogP contribution >= 0.6 is 27.3 Å². The van der Waals surface area contributed by atoms with Gasteiger partial charge in [-0.2, -0.15) is 0 Å². The highest BCUT2D eigenvalue weighted by atomic mass is 79.9. The number of rotatable bonds is 6. The second-order valence-electron chi connectivity index (χ2n) is 8.93. The highest BCUT2D eigenvalue weighted by Crippen LogP contribution is 2.35. The zero-order valence-corrected chi connectivity index (χ0v) is 22.1. The number of nitro groups is 1. The van der Waals surface area contributed by atoms with Crippen molar-refractivity contribution in [2.24, 2.45) is 5.16 Å². The number of amides is 1. The number of piperidine rings is 1. The van der Waals surface area contributed by atoms with Gasteiger partial charge in [-0.1, -0.05) is 11.2 Å². The fourth-order valence-corrected chi connectivity index (χ4v) is 6.03.